The van der Waals surface area contributed by atoms with Crippen LogP contribution in [-0.2, 0) is 12.1 Å². The fourth-order valence-corrected chi connectivity index (χ4v) is 4.77. The molecule has 3 aliphatic rings. The second-order valence-corrected chi connectivity index (χ2v) is 8.18. The Morgan fingerprint density at radius 2 is 1.96 bits per heavy atom. The smallest absolute Gasteiger partial charge is 0.303 e. The lowest BCUT2D eigenvalue weighted by Gasteiger charge is -2.62. The minimum atomic E-state index is -0.542. The quantitative estimate of drug-likeness (QED) is 0.661. The van der Waals surface area contributed by atoms with E-state index in [1.54, 1.807) is 29.1 Å². The zero-order valence-corrected chi connectivity index (χ0v) is 14.6. The van der Waals surface area contributed by atoms with Crippen LogP contribution in [0.15, 0.2) is 46.2 Å². The van der Waals surface area contributed by atoms with Crippen molar-refractivity contribution in [3.05, 3.63) is 68.2 Å². The average molecular weight is 370 g/mol. The van der Waals surface area contributed by atoms with Crippen LogP contribution in [-0.4, -0.2) is 19.3 Å². The van der Waals surface area contributed by atoms with E-state index in [0.717, 1.165) is 25.2 Å². The summed E-state index contributed by atoms with van der Waals surface area (Å²) >= 11 is 1.28. The van der Waals surface area contributed by atoms with E-state index in [0.29, 0.717) is 15.6 Å². The van der Waals surface area contributed by atoms with Crippen LogP contribution in [0.2, 0.25) is 0 Å². The van der Waals surface area contributed by atoms with E-state index in [-0.39, 0.29) is 17.9 Å². The molecule has 0 saturated heterocycles. The van der Waals surface area contributed by atoms with E-state index >= 15 is 0 Å². The Labute approximate surface area is 151 Å². The van der Waals surface area contributed by atoms with Crippen LogP contribution in [0.3, 0.4) is 0 Å². The van der Waals surface area contributed by atoms with Crippen LogP contribution in [0, 0.1) is 11.7 Å². The molecular weight excluding hydrogens is 355 g/mol. The predicted molar refractivity (Wildman–Crippen MR) is 94.7 cm³/mol. The Morgan fingerprint density at radius 1 is 1.15 bits per heavy atom. The van der Waals surface area contributed by atoms with E-state index < -0.39 is 11.1 Å². The standard InChI is InChI=1S/C18H15FN4O2S/c19-13-3-1-2-12(6-13)15-21-20-14(26-15)10-22-4-5-23(17(25)16(22)24)18-7-11(8-18)9-18/h1-6,11H,7-10H2. The van der Waals surface area contributed by atoms with Crippen molar-refractivity contribution in [2.45, 2.75) is 31.3 Å². The van der Waals surface area contributed by atoms with Crippen molar-refractivity contribution < 1.29 is 4.39 Å². The van der Waals surface area contributed by atoms with E-state index in [2.05, 4.69) is 10.2 Å². The maximum Gasteiger partial charge on any atom is 0.316 e. The molecular formula is C18H15FN4O2S. The van der Waals surface area contributed by atoms with Gasteiger partial charge in [-0.15, -0.1) is 10.2 Å². The van der Waals surface area contributed by atoms with Crippen LogP contribution in [0.4, 0.5) is 4.39 Å². The van der Waals surface area contributed by atoms with Crippen molar-refractivity contribution in [1.29, 1.82) is 0 Å². The Kier molecular flexibility index (Phi) is 3.27. The van der Waals surface area contributed by atoms with Crippen LogP contribution in [0.5, 0.6) is 0 Å². The summed E-state index contributed by atoms with van der Waals surface area (Å²) in [5.74, 6) is 0.389. The van der Waals surface area contributed by atoms with Gasteiger partial charge in [0.05, 0.1) is 6.54 Å². The average Bonchev–Trinajstić information content (AvgIpc) is 3.00. The summed E-state index contributed by atoms with van der Waals surface area (Å²) in [6.45, 7) is 0.178. The second-order valence-electron chi connectivity index (χ2n) is 7.12. The SMILES string of the molecule is O=c1c(=O)n(C23CC(C2)C3)ccn1Cc1nnc(-c2cccc(F)c2)s1. The molecule has 0 amide bonds. The van der Waals surface area contributed by atoms with E-state index in [1.807, 2.05) is 0 Å². The van der Waals surface area contributed by atoms with E-state index in [4.69, 9.17) is 0 Å². The van der Waals surface area contributed by atoms with Crippen molar-refractivity contribution in [3.8, 4) is 10.6 Å². The van der Waals surface area contributed by atoms with Gasteiger partial charge in [0.2, 0.25) is 0 Å². The highest BCUT2D eigenvalue weighted by Crippen LogP contribution is 2.61. The number of rotatable bonds is 4. The fourth-order valence-electron chi connectivity index (χ4n) is 3.94. The molecule has 6 rings (SSSR count). The molecule has 3 aliphatic carbocycles. The minimum Gasteiger partial charge on any atom is -0.303 e. The number of hydrogen-bond acceptors (Lipinski definition) is 5. The summed E-state index contributed by atoms with van der Waals surface area (Å²) in [5, 5.41) is 9.31. The second kappa shape index (κ2) is 5.44. The third-order valence-electron chi connectivity index (χ3n) is 5.42. The molecule has 2 heterocycles. The number of aromatic nitrogens is 4. The highest BCUT2D eigenvalue weighted by Gasteiger charge is 2.58. The lowest BCUT2D eigenvalue weighted by molar-refractivity contribution is -0.0919. The van der Waals surface area contributed by atoms with Gasteiger partial charge < -0.3 is 9.13 Å². The van der Waals surface area contributed by atoms with Crippen LogP contribution < -0.4 is 11.1 Å². The maximum absolute atomic E-state index is 13.3. The topological polar surface area (TPSA) is 69.8 Å². The van der Waals surface area contributed by atoms with E-state index in [1.165, 1.54) is 28.0 Å². The van der Waals surface area contributed by atoms with Crippen molar-refractivity contribution >= 4 is 11.3 Å². The third-order valence-corrected chi connectivity index (χ3v) is 6.38. The number of benzene rings is 1. The van der Waals surface area contributed by atoms with Crippen molar-refractivity contribution in [2.75, 3.05) is 0 Å². The third kappa shape index (κ3) is 2.28. The summed E-state index contributed by atoms with van der Waals surface area (Å²) in [7, 11) is 0. The highest BCUT2D eigenvalue weighted by atomic mass is 32.1. The molecule has 0 spiro atoms. The monoisotopic (exact) mass is 370 g/mol. The molecule has 6 nitrogen and oxygen atoms in total. The van der Waals surface area contributed by atoms with E-state index in [9.17, 15) is 14.0 Å². The molecule has 0 aliphatic heterocycles. The summed E-state index contributed by atoms with van der Waals surface area (Å²) in [6.07, 6.45) is 6.37. The fraction of sp³-hybridized carbons (Fsp3) is 0.333. The van der Waals surface area contributed by atoms with Gasteiger partial charge in [0.1, 0.15) is 15.8 Å². The molecule has 26 heavy (non-hydrogen) atoms. The molecule has 3 aromatic rings. The van der Waals surface area contributed by atoms with Gasteiger partial charge in [0.15, 0.2) is 0 Å². The van der Waals surface area contributed by atoms with Gasteiger partial charge in [-0.2, -0.15) is 0 Å². The van der Waals surface area contributed by atoms with Gasteiger partial charge >= 0.3 is 11.1 Å². The Morgan fingerprint density at radius 3 is 2.65 bits per heavy atom. The molecule has 3 saturated carbocycles. The van der Waals surface area contributed by atoms with Crippen molar-refractivity contribution in [3.63, 3.8) is 0 Å². The van der Waals surface area contributed by atoms with Gasteiger partial charge in [0.25, 0.3) is 0 Å². The van der Waals surface area contributed by atoms with Gasteiger partial charge in [0, 0.05) is 23.5 Å². The van der Waals surface area contributed by atoms with Crippen molar-refractivity contribution in [1.82, 2.24) is 19.3 Å². The van der Waals surface area contributed by atoms with Gasteiger partial charge in [-0.25, -0.2) is 4.39 Å². The summed E-state index contributed by atoms with van der Waals surface area (Å²) < 4.78 is 16.3. The molecule has 0 radical (unpaired) electrons. The minimum absolute atomic E-state index is 0.104. The normalized spacial score (nSPS) is 23.3. The Balaban J connectivity index is 1.43. The molecule has 2 aromatic heterocycles. The molecule has 1 aromatic carbocycles. The van der Waals surface area contributed by atoms with Gasteiger partial charge in [-0.05, 0) is 37.3 Å². The highest BCUT2D eigenvalue weighted by molar-refractivity contribution is 7.14. The largest absolute Gasteiger partial charge is 0.316 e. The summed E-state index contributed by atoms with van der Waals surface area (Å²) in [5.41, 5.74) is -0.479. The first-order chi connectivity index (χ1) is 12.5. The predicted octanol–water partition coefficient (Wildman–Crippen LogP) is 2.22. The first-order valence-corrected chi connectivity index (χ1v) is 9.27. The molecule has 0 atom stereocenters. The molecule has 8 heteroatoms. The van der Waals surface area contributed by atoms with Crippen LogP contribution >= 0.6 is 11.3 Å². The van der Waals surface area contributed by atoms with Gasteiger partial charge in [-0.3, -0.25) is 9.59 Å². The van der Waals surface area contributed by atoms with Crippen molar-refractivity contribution in [2.24, 2.45) is 5.92 Å². The Bertz CT molecular complexity index is 1120. The molecule has 2 bridgehead atoms. The van der Waals surface area contributed by atoms with Crippen LogP contribution in [0.25, 0.3) is 10.6 Å². The molecule has 0 unspecified atom stereocenters. The van der Waals surface area contributed by atoms with Crippen LogP contribution in [0.1, 0.15) is 24.3 Å². The molecule has 132 valence electrons. The molecule has 3 fully saturated rings. The first-order valence-electron chi connectivity index (χ1n) is 8.45. The lowest BCUT2D eigenvalue weighted by atomic mass is 9.49. The summed E-state index contributed by atoms with van der Waals surface area (Å²) in [4.78, 5) is 24.9. The Hall–Kier alpha value is -2.61. The summed E-state index contributed by atoms with van der Waals surface area (Å²) in [6, 6.07) is 6.12. The number of nitrogens with zero attached hydrogens (tertiary/aromatic N) is 4. The zero-order chi connectivity index (χ0) is 17.9. The molecule has 0 N–H and O–H groups in total. The number of halogens is 1. The maximum atomic E-state index is 13.3. The number of hydrogen-bond donors (Lipinski definition) is 0. The first kappa shape index (κ1) is 15.6. The zero-order valence-electron chi connectivity index (χ0n) is 13.8. The van der Waals surface area contributed by atoms with Gasteiger partial charge in [-0.1, -0.05) is 23.5 Å². The lowest BCUT2D eigenvalue weighted by Crippen LogP contribution is -2.64.